The second-order valence-electron chi connectivity index (χ2n) is 15.3. The fourth-order valence-corrected chi connectivity index (χ4v) is 6.19. The zero-order chi connectivity index (χ0) is 36.2. The van der Waals surface area contributed by atoms with Crippen LogP contribution >= 0.6 is 0 Å². The van der Waals surface area contributed by atoms with E-state index in [4.69, 9.17) is 14.2 Å². The Labute approximate surface area is 304 Å². The van der Waals surface area contributed by atoms with Crippen LogP contribution in [0.15, 0.2) is 0 Å². The molecule has 1 unspecified atom stereocenters. The number of hydrogen-bond donors (Lipinski definition) is 0. The van der Waals surface area contributed by atoms with Crippen LogP contribution < -0.4 is 0 Å². The van der Waals surface area contributed by atoms with Gasteiger partial charge < -0.3 is 14.2 Å². The first-order valence-electron chi connectivity index (χ1n) is 21.3. The Morgan fingerprint density at radius 1 is 0.429 bits per heavy atom. The molecule has 0 saturated heterocycles. The Morgan fingerprint density at radius 3 is 1.16 bits per heavy atom. The third kappa shape index (κ3) is 36.0. The van der Waals surface area contributed by atoms with E-state index in [1.165, 1.54) is 116 Å². The molecule has 0 aliphatic carbocycles. The van der Waals surface area contributed by atoms with E-state index in [9.17, 15) is 14.4 Å². The van der Waals surface area contributed by atoms with Crippen molar-refractivity contribution in [1.29, 1.82) is 0 Å². The molecule has 290 valence electrons. The largest absolute Gasteiger partial charge is 0.462 e. The van der Waals surface area contributed by atoms with E-state index in [2.05, 4.69) is 34.6 Å². The van der Waals surface area contributed by atoms with E-state index in [0.717, 1.165) is 69.6 Å². The van der Waals surface area contributed by atoms with E-state index in [-0.39, 0.29) is 31.1 Å². The molecule has 0 rings (SSSR count). The standard InChI is InChI=1S/C43H82O6/c1-6-8-9-10-11-12-13-17-23-28-33-41(44)47-36-40(37-48-42(45)34-29-24-20-19-21-26-31-38(3)4)49-43(46)35-30-25-18-15-14-16-22-27-32-39(5)7-2/h38-40H,6-37H2,1-5H3/t39?,40-/m1/s1. The molecule has 0 aliphatic heterocycles. The van der Waals surface area contributed by atoms with Gasteiger partial charge in [-0.3, -0.25) is 14.4 Å². The van der Waals surface area contributed by atoms with Gasteiger partial charge in [-0.25, -0.2) is 0 Å². The average Bonchev–Trinajstić information content (AvgIpc) is 3.08. The number of esters is 3. The molecule has 0 spiro atoms. The minimum absolute atomic E-state index is 0.0664. The van der Waals surface area contributed by atoms with Crippen LogP contribution in [0.3, 0.4) is 0 Å². The molecule has 0 aliphatic rings. The highest BCUT2D eigenvalue weighted by atomic mass is 16.6. The molecule has 0 radical (unpaired) electrons. The van der Waals surface area contributed by atoms with Crippen molar-refractivity contribution < 1.29 is 28.6 Å². The Balaban J connectivity index is 4.36. The van der Waals surface area contributed by atoms with Crippen molar-refractivity contribution in [3.8, 4) is 0 Å². The van der Waals surface area contributed by atoms with E-state index in [1.807, 2.05) is 0 Å². The zero-order valence-corrected chi connectivity index (χ0v) is 33.3. The second-order valence-corrected chi connectivity index (χ2v) is 15.3. The molecule has 0 saturated carbocycles. The summed E-state index contributed by atoms with van der Waals surface area (Å²) >= 11 is 0. The van der Waals surface area contributed by atoms with Crippen molar-refractivity contribution in [1.82, 2.24) is 0 Å². The number of carbonyl (C=O) groups excluding carboxylic acids is 3. The highest BCUT2D eigenvalue weighted by molar-refractivity contribution is 5.71. The molecule has 0 amide bonds. The van der Waals surface area contributed by atoms with Gasteiger partial charge in [0.2, 0.25) is 0 Å². The molecular weight excluding hydrogens is 612 g/mol. The average molecular weight is 695 g/mol. The number of hydrogen-bond acceptors (Lipinski definition) is 6. The van der Waals surface area contributed by atoms with Gasteiger partial charge in [-0.15, -0.1) is 0 Å². The molecule has 0 aromatic heterocycles. The summed E-state index contributed by atoms with van der Waals surface area (Å²) in [6, 6.07) is 0. The Kier molecular flexibility index (Phi) is 35.0. The summed E-state index contributed by atoms with van der Waals surface area (Å²) < 4.78 is 16.6. The van der Waals surface area contributed by atoms with Gasteiger partial charge in [-0.1, -0.05) is 189 Å². The number of carbonyl (C=O) groups is 3. The smallest absolute Gasteiger partial charge is 0.306 e. The summed E-state index contributed by atoms with van der Waals surface area (Å²) in [6.07, 6.45) is 32.4. The van der Waals surface area contributed by atoms with Crippen molar-refractivity contribution in [2.75, 3.05) is 13.2 Å². The van der Waals surface area contributed by atoms with E-state index in [1.54, 1.807) is 0 Å². The van der Waals surface area contributed by atoms with Crippen molar-refractivity contribution >= 4 is 17.9 Å². The lowest BCUT2D eigenvalue weighted by molar-refractivity contribution is -0.167. The molecular formula is C43H82O6. The highest BCUT2D eigenvalue weighted by Gasteiger charge is 2.19. The molecule has 2 atom stereocenters. The SMILES string of the molecule is CCCCCCCCCCCCC(=O)OC[C@H](COC(=O)CCCCCCCCC(C)C)OC(=O)CCCCCCCCCCC(C)CC. The summed E-state index contributed by atoms with van der Waals surface area (Å²) in [5, 5.41) is 0. The summed E-state index contributed by atoms with van der Waals surface area (Å²) in [6.45, 7) is 11.2. The molecule has 0 N–H and O–H groups in total. The van der Waals surface area contributed by atoms with Gasteiger partial charge in [0.05, 0.1) is 0 Å². The highest BCUT2D eigenvalue weighted by Crippen LogP contribution is 2.16. The van der Waals surface area contributed by atoms with Crippen molar-refractivity contribution in [2.45, 2.75) is 233 Å². The molecule has 49 heavy (non-hydrogen) atoms. The predicted molar refractivity (Wildman–Crippen MR) is 206 cm³/mol. The molecule has 0 aromatic carbocycles. The topological polar surface area (TPSA) is 78.9 Å². The summed E-state index contributed by atoms with van der Waals surface area (Å²) in [5.41, 5.74) is 0. The maximum atomic E-state index is 12.7. The Morgan fingerprint density at radius 2 is 0.776 bits per heavy atom. The molecule has 0 fully saturated rings. The molecule has 0 aromatic rings. The van der Waals surface area contributed by atoms with Gasteiger partial charge in [-0.2, -0.15) is 0 Å². The van der Waals surface area contributed by atoms with Gasteiger partial charge in [0, 0.05) is 19.3 Å². The van der Waals surface area contributed by atoms with Crippen molar-refractivity contribution in [2.24, 2.45) is 11.8 Å². The lowest BCUT2D eigenvalue weighted by atomic mass is 9.99. The quantitative estimate of drug-likeness (QED) is 0.0366. The molecule has 6 heteroatoms. The van der Waals surface area contributed by atoms with Crippen LogP contribution in [0.4, 0.5) is 0 Å². The first-order valence-corrected chi connectivity index (χ1v) is 21.3. The van der Waals surface area contributed by atoms with Crippen LogP contribution in [0.1, 0.15) is 227 Å². The predicted octanol–water partition coefficient (Wildman–Crippen LogP) is 13.0. The van der Waals surface area contributed by atoms with Gasteiger partial charge in [0.25, 0.3) is 0 Å². The van der Waals surface area contributed by atoms with Crippen LogP contribution in [0.25, 0.3) is 0 Å². The van der Waals surface area contributed by atoms with Crippen LogP contribution in [0.2, 0.25) is 0 Å². The van der Waals surface area contributed by atoms with Crippen molar-refractivity contribution in [3.05, 3.63) is 0 Å². The van der Waals surface area contributed by atoms with E-state index >= 15 is 0 Å². The van der Waals surface area contributed by atoms with Gasteiger partial charge in [-0.05, 0) is 31.1 Å². The normalized spacial score (nSPS) is 12.6. The van der Waals surface area contributed by atoms with Crippen LogP contribution in [-0.4, -0.2) is 37.2 Å². The lowest BCUT2D eigenvalue weighted by Crippen LogP contribution is -2.30. The van der Waals surface area contributed by atoms with E-state index < -0.39 is 6.10 Å². The van der Waals surface area contributed by atoms with Gasteiger partial charge in [0.15, 0.2) is 6.10 Å². The minimum atomic E-state index is -0.760. The Hall–Kier alpha value is -1.59. The lowest BCUT2D eigenvalue weighted by Gasteiger charge is -2.18. The van der Waals surface area contributed by atoms with E-state index in [0.29, 0.717) is 19.3 Å². The molecule has 0 bridgehead atoms. The molecule has 6 nitrogen and oxygen atoms in total. The molecule has 0 heterocycles. The van der Waals surface area contributed by atoms with Crippen LogP contribution in [0.5, 0.6) is 0 Å². The summed E-state index contributed by atoms with van der Waals surface area (Å²) in [4.78, 5) is 37.5. The number of ether oxygens (including phenoxy) is 3. The summed E-state index contributed by atoms with van der Waals surface area (Å²) in [5.74, 6) is 0.739. The first-order chi connectivity index (χ1) is 23.8. The van der Waals surface area contributed by atoms with Gasteiger partial charge >= 0.3 is 17.9 Å². The third-order valence-electron chi connectivity index (χ3n) is 9.83. The number of rotatable bonds is 37. The minimum Gasteiger partial charge on any atom is -0.462 e. The van der Waals surface area contributed by atoms with Gasteiger partial charge in [0.1, 0.15) is 13.2 Å². The fraction of sp³-hybridized carbons (Fsp3) is 0.930. The number of unbranched alkanes of at least 4 members (excludes halogenated alkanes) is 21. The van der Waals surface area contributed by atoms with Crippen LogP contribution in [-0.2, 0) is 28.6 Å². The maximum Gasteiger partial charge on any atom is 0.306 e. The fourth-order valence-electron chi connectivity index (χ4n) is 6.19. The third-order valence-corrected chi connectivity index (χ3v) is 9.83. The second kappa shape index (κ2) is 36.2. The Bertz CT molecular complexity index is 751. The zero-order valence-electron chi connectivity index (χ0n) is 33.3. The van der Waals surface area contributed by atoms with Crippen LogP contribution in [0, 0.1) is 11.8 Å². The first kappa shape index (κ1) is 47.4. The monoisotopic (exact) mass is 695 g/mol. The van der Waals surface area contributed by atoms with Crippen molar-refractivity contribution in [3.63, 3.8) is 0 Å². The maximum absolute atomic E-state index is 12.7. The summed E-state index contributed by atoms with van der Waals surface area (Å²) in [7, 11) is 0.